The first-order valence-electron chi connectivity index (χ1n) is 9.05. The van der Waals surface area contributed by atoms with Crippen LogP contribution in [0.1, 0.15) is 19.3 Å². The number of methoxy groups -OCH3 is 1. The molecule has 1 heterocycles. The maximum atomic E-state index is 13.2. The van der Waals surface area contributed by atoms with Crippen LogP contribution in [0, 0.1) is 11.7 Å². The predicted octanol–water partition coefficient (Wildman–Crippen LogP) is 3.45. The van der Waals surface area contributed by atoms with E-state index in [0.29, 0.717) is 11.5 Å². The minimum absolute atomic E-state index is 0.0102. The molecule has 0 spiro atoms. The number of hydrogen-bond donors (Lipinski definition) is 0. The van der Waals surface area contributed by atoms with Crippen molar-refractivity contribution in [1.82, 2.24) is 4.31 Å². The molecule has 0 amide bonds. The normalized spacial score (nSPS) is 24.9. The van der Waals surface area contributed by atoms with Gasteiger partial charge in [0.1, 0.15) is 23.9 Å². The predicted molar refractivity (Wildman–Crippen MR) is 98.8 cm³/mol. The second-order valence-corrected chi connectivity index (χ2v) is 8.92. The number of rotatable bonds is 6. The number of piperidine rings is 1. The van der Waals surface area contributed by atoms with E-state index >= 15 is 0 Å². The zero-order valence-electron chi connectivity index (χ0n) is 15.0. The summed E-state index contributed by atoms with van der Waals surface area (Å²) in [7, 11) is -2.10. The molecule has 2 aliphatic rings. The van der Waals surface area contributed by atoms with E-state index in [4.69, 9.17) is 9.47 Å². The van der Waals surface area contributed by atoms with Gasteiger partial charge < -0.3 is 9.47 Å². The molecule has 4 rings (SSSR count). The van der Waals surface area contributed by atoms with E-state index < -0.39 is 15.8 Å². The van der Waals surface area contributed by atoms with Crippen molar-refractivity contribution in [2.45, 2.75) is 36.2 Å². The first-order valence-corrected chi connectivity index (χ1v) is 10.5. The molecule has 0 radical (unpaired) electrons. The summed E-state index contributed by atoms with van der Waals surface area (Å²) >= 11 is 0. The Bertz CT molecular complexity index is 916. The smallest absolute Gasteiger partial charge is 0.243 e. The fourth-order valence-corrected chi connectivity index (χ4v) is 6.13. The molecule has 0 unspecified atom stereocenters. The molecule has 2 aromatic rings. The van der Waals surface area contributed by atoms with Crippen molar-refractivity contribution in [2.24, 2.45) is 5.92 Å². The lowest BCUT2D eigenvalue weighted by Crippen LogP contribution is -2.47. The van der Waals surface area contributed by atoms with Gasteiger partial charge in [-0.05, 0) is 61.6 Å². The van der Waals surface area contributed by atoms with Gasteiger partial charge in [0.2, 0.25) is 10.0 Å². The summed E-state index contributed by atoms with van der Waals surface area (Å²) in [5.74, 6) is 1.18. The third kappa shape index (κ3) is 3.41. The van der Waals surface area contributed by atoms with Gasteiger partial charge in [0, 0.05) is 12.1 Å². The van der Waals surface area contributed by atoms with E-state index in [9.17, 15) is 12.8 Å². The Kier molecular flexibility index (Phi) is 4.82. The van der Waals surface area contributed by atoms with Crippen LogP contribution in [0.4, 0.5) is 4.39 Å². The van der Waals surface area contributed by atoms with Crippen LogP contribution in [0.5, 0.6) is 11.5 Å². The maximum Gasteiger partial charge on any atom is 0.243 e. The average Bonchev–Trinajstić information content (AvgIpc) is 3.28. The molecule has 2 bridgehead atoms. The van der Waals surface area contributed by atoms with Crippen molar-refractivity contribution in [3.05, 3.63) is 54.3 Å². The highest BCUT2D eigenvalue weighted by Gasteiger charge is 2.51. The number of benzene rings is 2. The zero-order chi connectivity index (χ0) is 19.0. The van der Waals surface area contributed by atoms with Crippen LogP contribution in [0.2, 0.25) is 0 Å². The first kappa shape index (κ1) is 18.3. The Labute approximate surface area is 158 Å². The maximum absolute atomic E-state index is 13.2. The zero-order valence-corrected chi connectivity index (χ0v) is 15.9. The summed E-state index contributed by atoms with van der Waals surface area (Å²) in [6.07, 6.45) is 2.72. The molecular weight excluding hydrogens is 369 g/mol. The van der Waals surface area contributed by atoms with Crippen LogP contribution in [-0.2, 0) is 10.0 Å². The number of fused-ring (bicyclic) bond motifs is 2. The van der Waals surface area contributed by atoms with Crippen LogP contribution in [-0.4, -0.2) is 38.5 Å². The molecule has 1 saturated heterocycles. The first-order chi connectivity index (χ1) is 13.0. The van der Waals surface area contributed by atoms with E-state index in [-0.39, 0.29) is 29.5 Å². The molecule has 2 fully saturated rings. The Balaban J connectivity index is 1.56. The van der Waals surface area contributed by atoms with Gasteiger partial charge in [-0.15, -0.1) is 0 Å². The van der Waals surface area contributed by atoms with Gasteiger partial charge in [0.25, 0.3) is 0 Å². The molecule has 144 valence electrons. The lowest BCUT2D eigenvalue weighted by molar-refractivity contribution is 0.162. The largest absolute Gasteiger partial charge is 0.497 e. The molecule has 3 atom stereocenters. The third-order valence-corrected chi connectivity index (χ3v) is 7.52. The monoisotopic (exact) mass is 391 g/mol. The molecule has 0 aromatic heterocycles. The van der Waals surface area contributed by atoms with Crippen LogP contribution < -0.4 is 9.47 Å². The van der Waals surface area contributed by atoms with Crippen LogP contribution in [0.25, 0.3) is 0 Å². The lowest BCUT2D eigenvalue weighted by atomic mass is 10.0. The molecule has 1 saturated carbocycles. The molecule has 1 aliphatic heterocycles. The van der Waals surface area contributed by atoms with E-state index in [0.717, 1.165) is 19.3 Å². The summed E-state index contributed by atoms with van der Waals surface area (Å²) in [4.78, 5) is 0.128. The Morgan fingerprint density at radius 1 is 1.11 bits per heavy atom. The summed E-state index contributed by atoms with van der Waals surface area (Å²) in [5, 5.41) is 0. The van der Waals surface area contributed by atoms with Crippen molar-refractivity contribution < 1.29 is 22.3 Å². The molecule has 2 aromatic carbocycles. The van der Waals surface area contributed by atoms with Gasteiger partial charge in [0.15, 0.2) is 0 Å². The minimum atomic E-state index is -3.69. The molecule has 0 N–H and O–H groups in total. The summed E-state index contributed by atoms with van der Waals surface area (Å²) in [5.41, 5.74) is 0. The van der Waals surface area contributed by atoms with Crippen molar-refractivity contribution in [3.63, 3.8) is 0 Å². The Morgan fingerprint density at radius 2 is 1.85 bits per heavy atom. The molecule has 27 heavy (non-hydrogen) atoms. The van der Waals surface area contributed by atoms with Gasteiger partial charge in [-0.2, -0.15) is 4.31 Å². The Morgan fingerprint density at radius 3 is 2.59 bits per heavy atom. The van der Waals surface area contributed by atoms with Crippen LogP contribution in [0.3, 0.4) is 0 Å². The standard InChI is InChI=1S/C20H22FNO4S/c1-25-17-3-2-4-18(12-17)26-13-20-14-5-8-16(11-14)22(20)27(23,24)19-9-6-15(21)7-10-19/h2-4,6-7,9-10,12,14,16,20H,5,8,11,13H2,1H3/t14-,16+,20-/m1/s1. The van der Waals surface area contributed by atoms with E-state index in [2.05, 4.69) is 0 Å². The number of nitrogens with zero attached hydrogens (tertiary/aromatic N) is 1. The fraction of sp³-hybridized carbons (Fsp3) is 0.400. The summed E-state index contributed by atoms with van der Waals surface area (Å²) in [6, 6.07) is 12.1. The fourth-order valence-electron chi connectivity index (χ4n) is 4.24. The van der Waals surface area contributed by atoms with Crippen molar-refractivity contribution in [1.29, 1.82) is 0 Å². The SMILES string of the molecule is COc1cccc(OC[C@@H]2[C@@H]3CC[C@@H](C3)N2S(=O)(=O)c2ccc(F)cc2)c1. The van der Waals surface area contributed by atoms with Gasteiger partial charge in [-0.25, -0.2) is 12.8 Å². The lowest BCUT2D eigenvalue weighted by Gasteiger charge is -2.34. The molecular formula is C20H22FNO4S. The molecule has 7 heteroatoms. The Hall–Kier alpha value is -2.12. The average molecular weight is 391 g/mol. The second-order valence-electron chi connectivity index (χ2n) is 7.07. The summed E-state index contributed by atoms with van der Waals surface area (Å²) in [6.45, 7) is 0.286. The third-order valence-electron chi connectivity index (χ3n) is 5.53. The van der Waals surface area contributed by atoms with Crippen molar-refractivity contribution >= 4 is 10.0 Å². The topological polar surface area (TPSA) is 55.8 Å². The minimum Gasteiger partial charge on any atom is -0.497 e. The molecule has 5 nitrogen and oxygen atoms in total. The molecule has 1 aliphatic carbocycles. The number of ether oxygens (including phenoxy) is 2. The highest BCUT2D eigenvalue weighted by molar-refractivity contribution is 7.89. The number of sulfonamides is 1. The second kappa shape index (κ2) is 7.13. The quantitative estimate of drug-likeness (QED) is 0.757. The number of halogens is 1. The van der Waals surface area contributed by atoms with Gasteiger partial charge in [0.05, 0.1) is 18.0 Å². The van der Waals surface area contributed by atoms with Gasteiger partial charge in [-0.3, -0.25) is 0 Å². The van der Waals surface area contributed by atoms with E-state index in [1.54, 1.807) is 17.5 Å². The highest BCUT2D eigenvalue weighted by Crippen LogP contribution is 2.45. The van der Waals surface area contributed by atoms with Crippen LogP contribution >= 0.6 is 0 Å². The highest BCUT2D eigenvalue weighted by atomic mass is 32.2. The van der Waals surface area contributed by atoms with Gasteiger partial charge in [-0.1, -0.05) is 6.07 Å². The van der Waals surface area contributed by atoms with E-state index in [1.807, 2.05) is 18.2 Å². The van der Waals surface area contributed by atoms with Crippen LogP contribution in [0.15, 0.2) is 53.4 Å². The van der Waals surface area contributed by atoms with E-state index in [1.165, 1.54) is 24.3 Å². The van der Waals surface area contributed by atoms with Crippen molar-refractivity contribution in [3.8, 4) is 11.5 Å². The van der Waals surface area contributed by atoms with Crippen molar-refractivity contribution in [2.75, 3.05) is 13.7 Å². The van der Waals surface area contributed by atoms with Gasteiger partial charge >= 0.3 is 0 Å². The summed E-state index contributed by atoms with van der Waals surface area (Å²) < 4.78 is 52.3. The number of hydrogen-bond acceptors (Lipinski definition) is 4.